The molecule has 2 saturated heterocycles. The van der Waals surface area contributed by atoms with Gasteiger partial charge < -0.3 is 10.6 Å². The topological polar surface area (TPSA) is 168 Å². The Labute approximate surface area is 194 Å². The summed E-state index contributed by atoms with van der Waals surface area (Å²) < 4.78 is 27.1. The van der Waals surface area contributed by atoms with E-state index in [1.807, 2.05) is 4.90 Å². The highest BCUT2D eigenvalue weighted by Gasteiger charge is 2.45. The third-order valence-corrected chi connectivity index (χ3v) is 8.09. The number of nitrogens with two attached hydrogens (primary N) is 1. The largest absolute Gasteiger partial charge is 0.382 e. The predicted octanol–water partition coefficient (Wildman–Crippen LogP) is 1.38. The number of fused-ring (bicyclic) bond motifs is 3. The Morgan fingerprint density at radius 1 is 1.18 bits per heavy atom. The number of anilines is 1. The molecule has 1 unspecified atom stereocenters. The summed E-state index contributed by atoms with van der Waals surface area (Å²) in [5.41, 5.74) is 9.25. The first-order valence-electron chi connectivity index (χ1n) is 11.0. The monoisotopic (exact) mass is 481 g/mol. The molecule has 3 atom stereocenters. The van der Waals surface area contributed by atoms with Crippen molar-refractivity contribution in [2.24, 2.45) is 0 Å². The Morgan fingerprint density at radius 3 is 2.56 bits per heavy atom. The number of hydrogen-bond donors (Lipinski definition) is 3. The van der Waals surface area contributed by atoms with E-state index in [-0.39, 0.29) is 34.6 Å². The SMILES string of the molecule is CS(=O)(=O)c1c([C@@H]2CC3CC[C@H](C2)N3C(=O)c2ccn[nH]2)nc2c(-c3cn[nH]c3)cnn2c1N. The summed E-state index contributed by atoms with van der Waals surface area (Å²) in [5, 5.41) is 17.7. The van der Waals surface area contributed by atoms with E-state index in [2.05, 4.69) is 25.5 Å². The lowest BCUT2D eigenvalue weighted by atomic mass is 9.87. The second-order valence-corrected chi connectivity index (χ2v) is 11.0. The molecule has 6 heterocycles. The van der Waals surface area contributed by atoms with Gasteiger partial charge >= 0.3 is 0 Å². The van der Waals surface area contributed by atoms with Gasteiger partial charge in [-0.1, -0.05) is 0 Å². The number of sulfone groups is 1. The van der Waals surface area contributed by atoms with Crippen LogP contribution < -0.4 is 5.73 Å². The third-order valence-electron chi connectivity index (χ3n) is 6.93. The van der Waals surface area contributed by atoms with Crippen molar-refractivity contribution in [3.63, 3.8) is 0 Å². The van der Waals surface area contributed by atoms with E-state index in [1.54, 1.807) is 30.9 Å². The van der Waals surface area contributed by atoms with Gasteiger partial charge in [0.25, 0.3) is 5.91 Å². The van der Waals surface area contributed by atoms with E-state index < -0.39 is 9.84 Å². The first-order chi connectivity index (χ1) is 16.3. The molecule has 0 aliphatic carbocycles. The molecule has 176 valence electrons. The molecule has 4 N–H and O–H groups in total. The molecule has 4 aromatic heterocycles. The fourth-order valence-electron chi connectivity index (χ4n) is 5.52. The Hall–Kier alpha value is -3.74. The highest BCUT2D eigenvalue weighted by Crippen LogP contribution is 2.45. The molecule has 13 heteroatoms. The second-order valence-electron chi connectivity index (χ2n) is 9.00. The molecule has 12 nitrogen and oxygen atoms in total. The predicted molar refractivity (Wildman–Crippen MR) is 122 cm³/mol. The van der Waals surface area contributed by atoms with Crippen molar-refractivity contribution >= 4 is 27.2 Å². The van der Waals surface area contributed by atoms with Gasteiger partial charge in [-0.2, -0.15) is 19.8 Å². The van der Waals surface area contributed by atoms with Crippen LogP contribution in [-0.2, 0) is 9.84 Å². The van der Waals surface area contributed by atoms with Crippen LogP contribution in [0.4, 0.5) is 5.82 Å². The van der Waals surface area contributed by atoms with Gasteiger partial charge in [-0.15, -0.1) is 0 Å². The lowest BCUT2D eigenvalue weighted by Crippen LogP contribution is -2.46. The van der Waals surface area contributed by atoms with E-state index in [9.17, 15) is 13.2 Å². The maximum absolute atomic E-state index is 13.1. The molecule has 2 fully saturated rings. The normalized spacial score (nSPS) is 22.5. The summed E-state index contributed by atoms with van der Waals surface area (Å²) in [6, 6.07) is 1.65. The van der Waals surface area contributed by atoms with Gasteiger partial charge in [0, 0.05) is 47.8 Å². The number of nitrogens with one attached hydrogen (secondary N) is 2. The first-order valence-corrected chi connectivity index (χ1v) is 12.9. The molecule has 1 amide bonds. The van der Waals surface area contributed by atoms with Crippen molar-refractivity contribution in [1.82, 2.24) is 39.9 Å². The Morgan fingerprint density at radius 2 is 1.94 bits per heavy atom. The number of carbonyl (C=O) groups is 1. The third kappa shape index (κ3) is 3.10. The van der Waals surface area contributed by atoms with Gasteiger partial charge in [-0.05, 0) is 31.7 Å². The van der Waals surface area contributed by atoms with Crippen LogP contribution in [0.15, 0.2) is 35.7 Å². The zero-order valence-electron chi connectivity index (χ0n) is 18.3. The maximum atomic E-state index is 13.1. The van der Waals surface area contributed by atoms with E-state index >= 15 is 0 Å². The minimum atomic E-state index is -3.69. The van der Waals surface area contributed by atoms with Crippen LogP contribution in [0.5, 0.6) is 0 Å². The van der Waals surface area contributed by atoms with Crippen LogP contribution >= 0.6 is 0 Å². The Balaban J connectivity index is 1.45. The first kappa shape index (κ1) is 20.8. The molecule has 34 heavy (non-hydrogen) atoms. The lowest BCUT2D eigenvalue weighted by molar-refractivity contribution is 0.0562. The van der Waals surface area contributed by atoms with Gasteiger partial charge in [-0.3, -0.25) is 15.0 Å². The van der Waals surface area contributed by atoms with Gasteiger partial charge in [0.15, 0.2) is 15.5 Å². The second kappa shape index (κ2) is 7.38. The van der Waals surface area contributed by atoms with Crippen molar-refractivity contribution < 1.29 is 13.2 Å². The summed E-state index contributed by atoms with van der Waals surface area (Å²) in [4.78, 5) is 19.8. The molecule has 0 aromatic carbocycles. The number of hydrogen-bond acceptors (Lipinski definition) is 8. The van der Waals surface area contributed by atoms with E-state index in [1.165, 1.54) is 4.52 Å². The van der Waals surface area contributed by atoms with Gasteiger partial charge in [0.2, 0.25) is 0 Å². The fourth-order valence-corrected chi connectivity index (χ4v) is 6.58. The number of aromatic nitrogens is 7. The molecular weight excluding hydrogens is 458 g/mol. The molecule has 0 radical (unpaired) electrons. The number of amides is 1. The molecule has 0 spiro atoms. The fraction of sp³-hybridized carbons (Fsp3) is 0.381. The Kier molecular flexibility index (Phi) is 4.52. The van der Waals surface area contributed by atoms with Crippen LogP contribution in [0.2, 0.25) is 0 Å². The molecule has 0 saturated carbocycles. The molecule has 2 bridgehead atoms. The average Bonchev–Trinajstić information content (AvgIpc) is 3.58. The number of nitrogens with zero attached hydrogens (tertiary/aromatic N) is 6. The zero-order chi connectivity index (χ0) is 23.6. The number of H-pyrrole nitrogens is 2. The number of nitrogen functional groups attached to an aromatic ring is 1. The summed E-state index contributed by atoms with van der Waals surface area (Å²) in [6.45, 7) is 0. The highest BCUT2D eigenvalue weighted by molar-refractivity contribution is 7.91. The summed E-state index contributed by atoms with van der Waals surface area (Å²) in [5.74, 6) is -0.194. The summed E-state index contributed by atoms with van der Waals surface area (Å²) in [6.07, 6.45) is 10.6. The van der Waals surface area contributed by atoms with Gasteiger partial charge in [0.05, 0.1) is 18.1 Å². The van der Waals surface area contributed by atoms with Crippen LogP contribution in [-0.4, -0.2) is 72.6 Å². The quantitative estimate of drug-likeness (QED) is 0.393. The Bertz CT molecular complexity index is 1480. The van der Waals surface area contributed by atoms with Crippen LogP contribution in [0, 0.1) is 0 Å². The minimum Gasteiger partial charge on any atom is -0.382 e. The van der Waals surface area contributed by atoms with Crippen molar-refractivity contribution in [1.29, 1.82) is 0 Å². The van der Waals surface area contributed by atoms with E-state index in [4.69, 9.17) is 10.7 Å². The van der Waals surface area contributed by atoms with Crippen LogP contribution in [0.1, 0.15) is 47.8 Å². The average molecular weight is 482 g/mol. The number of aromatic amines is 2. The smallest absolute Gasteiger partial charge is 0.272 e. The van der Waals surface area contributed by atoms with Crippen LogP contribution in [0.25, 0.3) is 16.8 Å². The molecule has 6 rings (SSSR count). The summed E-state index contributed by atoms with van der Waals surface area (Å²) in [7, 11) is -3.69. The van der Waals surface area contributed by atoms with Crippen molar-refractivity contribution in [3.05, 3.63) is 42.2 Å². The maximum Gasteiger partial charge on any atom is 0.272 e. The number of carbonyl (C=O) groups excluding carboxylic acids is 1. The van der Waals surface area contributed by atoms with E-state index in [0.717, 1.165) is 24.7 Å². The number of piperidine rings is 1. The molecule has 2 aliphatic rings. The molecular formula is C21H23N9O3S. The van der Waals surface area contributed by atoms with Gasteiger partial charge in [0.1, 0.15) is 16.4 Å². The van der Waals surface area contributed by atoms with E-state index in [0.29, 0.717) is 35.4 Å². The van der Waals surface area contributed by atoms with Crippen LogP contribution in [0.3, 0.4) is 0 Å². The number of rotatable bonds is 4. The standard InChI is InChI=1S/C21H23N9O3S/c1-34(32,33)18-17(27-20-15(12-8-24-25-9-12)10-26-30(20)19(18)22)11-6-13-2-3-14(7-11)29(13)21(31)16-4-5-23-28-16/h4-5,8-11,13-14H,2-3,6-7,22H2,1H3,(H,23,28)(H,24,25)/t11-,13+,14?/m0/s1. The van der Waals surface area contributed by atoms with Crippen molar-refractivity contribution in [2.45, 2.75) is 48.6 Å². The minimum absolute atomic E-state index is 0.00975. The van der Waals surface area contributed by atoms with Gasteiger partial charge in [-0.25, -0.2) is 13.4 Å². The lowest BCUT2D eigenvalue weighted by Gasteiger charge is -2.39. The van der Waals surface area contributed by atoms with Crippen molar-refractivity contribution in [3.8, 4) is 11.1 Å². The molecule has 4 aromatic rings. The van der Waals surface area contributed by atoms with Crippen molar-refractivity contribution in [2.75, 3.05) is 12.0 Å². The summed E-state index contributed by atoms with van der Waals surface area (Å²) >= 11 is 0. The highest BCUT2D eigenvalue weighted by atomic mass is 32.2. The zero-order valence-corrected chi connectivity index (χ0v) is 19.2. The molecule has 2 aliphatic heterocycles.